The van der Waals surface area contributed by atoms with Crippen LogP contribution >= 0.6 is 34.8 Å². The first-order valence-electron chi connectivity index (χ1n) is 9.13. The summed E-state index contributed by atoms with van der Waals surface area (Å²) in [4.78, 5) is 26.8. The highest BCUT2D eigenvalue weighted by molar-refractivity contribution is 7.92. The Bertz CT molecular complexity index is 1080. The molecule has 0 fully saturated rings. The van der Waals surface area contributed by atoms with E-state index in [2.05, 4.69) is 5.32 Å². The number of rotatable bonds is 8. The lowest BCUT2D eigenvalue weighted by atomic mass is 10.1. The number of halogens is 3. The number of carbonyl (C=O) groups is 2. The predicted octanol–water partition coefficient (Wildman–Crippen LogP) is 3.58. The molecule has 0 heterocycles. The van der Waals surface area contributed by atoms with E-state index in [9.17, 15) is 18.0 Å². The van der Waals surface area contributed by atoms with Gasteiger partial charge in [0.15, 0.2) is 0 Å². The van der Waals surface area contributed by atoms with Crippen molar-refractivity contribution >= 4 is 62.3 Å². The molecule has 31 heavy (non-hydrogen) atoms. The maximum absolute atomic E-state index is 13.3. The van der Waals surface area contributed by atoms with E-state index in [1.165, 1.54) is 30.1 Å². The Morgan fingerprint density at radius 3 is 2.23 bits per heavy atom. The molecule has 0 saturated heterocycles. The van der Waals surface area contributed by atoms with Crippen molar-refractivity contribution in [1.29, 1.82) is 0 Å². The van der Waals surface area contributed by atoms with Gasteiger partial charge in [-0.05, 0) is 30.7 Å². The largest absolute Gasteiger partial charge is 0.357 e. The van der Waals surface area contributed by atoms with Crippen LogP contribution in [0.3, 0.4) is 0 Å². The third kappa shape index (κ3) is 6.26. The van der Waals surface area contributed by atoms with Crippen LogP contribution in [0.2, 0.25) is 15.1 Å². The van der Waals surface area contributed by atoms with Crippen molar-refractivity contribution in [3.05, 3.63) is 63.1 Å². The van der Waals surface area contributed by atoms with Crippen LogP contribution in [0.15, 0.2) is 42.5 Å². The van der Waals surface area contributed by atoms with Crippen LogP contribution in [-0.4, -0.2) is 51.0 Å². The van der Waals surface area contributed by atoms with E-state index in [-0.39, 0.29) is 22.3 Å². The van der Waals surface area contributed by atoms with Crippen LogP contribution in [0.4, 0.5) is 5.69 Å². The zero-order chi connectivity index (χ0) is 23.3. The van der Waals surface area contributed by atoms with Gasteiger partial charge < -0.3 is 10.2 Å². The Hall–Kier alpha value is -2.00. The van der Waals surface area contributed by atoms with E-state index in [4.69, 9.17) is 34.8 Å². The van der Waals surface area contributed by atoms with Gasteiger partial charge in [-0.3, -0.25) is 13.9 Å². The molecule has 168 valence electrons. The highest BCUT2D eigenvalue weighted by Gasteiger charge is 2.31. The van der Waals surface area contributed by atoms with Gasteiger partial charge in [0.25, 0.3) is 0 Å². The molecule has 0 saturated carbocycles. The first kappa shape index (κ1) is 25.3. The first-order valence-corrected chi connectivity index (χ1v) is 12.1. The number of anilines is 1. The maximum atomic E-state index is 13.3. The van der Waals surface area contributed by atoms with Crippen molar-refractivity contribution in [3.63, 3.8) is 0 Å². The molecule has 1 unspecified atom stereocenters. The van der Waals surface area contributed by atoms with Crippen molar-refractivity contribution in [2.45, 2.75) is 19.5 Å². The van der Waals surface area contributed by atoms with Gasteiger partial charge in [0.05, 0.1) is 22.0 Å². The third-order valence-electron chi connectivity index (χ3n) is 4.59. The summed E-state index contributed by atoms with van der Waals surface area (Å²) in [5.41, 5.74) is 0.676. The number of sulfonamides is 1. The lowest BCUT2D eigenvalue weighted by Crippen LogP contribution is -2.50. The van der Waals surface area contributed by atoms with Crippen molar-refractivity contribution in [3.8, 4) is 0 Å². The summed E-state index contributed by atoms with van der Waals surface area (Å²) in [5, 5.41) is 3.06. The van der Waals surface area contributed by atoms with Gasteiger partial charge in [-0.25, -0.2) is 8.42 Å². The smallest absolute Gasteiger partial charge is 0.244 e. The number of nitrogens with zero attached hydrogens (tertiary/aromatic N) is 2. The second-order valence-corrected chi connectivity index (χ2v) is 9.85. The normalized spacial score (nSPS) is 12.2. The van der Waals surface area contributed by atoms with Crippen molar-refractivity contribution in [2.24, 2.45) is 0 Å². The Morgan fingerprint density at radius 1 is 1.03 bits per heavy atom. The molecule has 0 spiro atoms. The second kappa shape index (κ2) is 10.5. The van der Waals surface area contributed by atoms with Crippen LogP contribution in [0, 0.1) is 0 Å². The molecule has 0 radical (unpaired) electrons. The quantitative estimate of drug-likeness (QED) is 0.593. The van der Waals surface area contributed by atoms with Gasteiger partial charge in [-0.2, -0.15) is 0 Å². The molecule has 0 aliphatic rings. The molecule has 1 atom stereocenters. The minimum absolute atomic E-state index is 0.000560. The number of hydrogen-bond acceptors (Lipinski definition) is 4. The molecule has 11 heteroatoms. The summed E-state index contributed by atoms with van der Waals surface area (Å²) in [6.07, 6.45) is 0.956. The third-order valence-corrected chi connectivity index (χ3v) is 6.90. The molecule has 2 amide bonds. The monoisotopic (exact) mass is 505 g/mol. The lowest BCUT2D eigenvalue weighted by molar-refractivity contribution is -0.139. The minimum Gasteiger partial charge on any atom is -0.357 e. The maximum Gasteiger partial charge on any atom is 0.244 e. The van der Waals surface area contributed by atoms with Crippen molar-refractivity contribution in [2.75, 3.05) is 24.2 Å². The van der Waals surface area contributed by atoms with E-state index in [1.54, 1.807) is 31.2 Å². The zero-order valence-electron chi connectivity index (χ0n) is 17.1. The Kier molecular flexibility index (Phi) is 8.59. The molecule has 1 N–H and O–H groups in total. The van der Waals surface area contributed by atoms with E-state index in [1.807, 2.05) is 0 Å². The summed E-state index contributed by atoms with van der Waals surface area (Å²) in [6, 6.07) is 10.5. The molecule has 0 aliphatic heterocycles. The molecule has 0 aliphatic carbocycles. The highest BCUT2D eigenvalue weighted by atomic mass is 35.5. The fraction of sp³-hybridized carbons (Fsp3) is 0.300. The van der Waals surface area contributed by atoms with Gasteiger partial charge >= 0.3 is 0 Å². The average Bonchev–Trinajstić information content (AvgIpc) is 2.71. The molecule has 0 bridgehead atoms. The van der Waals surface area contributed by atoms with E-state index in [0.29, 0.717) is 10.6 Å². The van der Waals surface area contributed by atoms with Crippen LogP contribution in [-0.2, 0) is 26.2 Å². The molecular formula is C20H22Cl3N3O4S. The van der Waals surface area contributed by atoms with Crippen molar-refractivity contribution in [1.82, 2.24) is 10.2 Å². The standard InChI is InChI=1S/C20H22Cl3N3O4S/c1-13(20(28)24-2)25(11-14-7-4-5-8-15(14)21)18(27)12-26(31(3,29)30)17-10-6-9-16(22)19(17)23/h4-10,13H,11-12H2,1-3H3,(H,24,28). The summed E-state index contributed by atoms with van der Waals surface area (Å²) >= 11 is 18.5. The SMILES string of the molecule is CNC(=O)C(C)N(Cc1ccccc1Cl)C(=O)CN(c1cccc(Cl)c1Cl)S(C)(=O)=O. The van der Waals surface area contributed by atoms with E-state index >= 15 is 0 Å². The summed E-state index contributed by atoms with van der Waals surface area (Å²) < 4.78 is 25.8. The Morgan fingerprint density at radius 2 is 1.65 bits per heavy atom. The summed E-state index contributed by atoms with van der Waals surface area (Å²) in [7, 11) is -2.45. The zero-order valence-corrected chi connectivity index (χ0v) is 20.2. The number of amides is 2. The van der Waals surface area contributed by atoms with Crippen LogP contribution in [0.1, 0.15) is 12.5 Å². The fourth-order valence-corrected chi connectivity index (χ4v) is 4.38. The number of carbonyl (C=O) groups excluding carboxylic acids is 2. The summed E-state index contributed by atoms with van der Waals surface area (Å²) in [5.74, 6) is -1.02. The van der Waals surface area contributed by atoms with Crippen LogP contribution in [0.25, 0.3) is 0 Å². The second-order valence-electron chi connectivity index (χ2n) is 6.75. The topological polar surface area (TPSA) is 86.8 Å². The van der Waals surface area contributed by atoms with Gasteiger partial charge in [0.2, 0.25) is 21.8 Å². The molecule has 2 aromatic carbocycles. The number of nitrogens with one attached hydrogen (secondary N) is 1. The Balaban J connectivity index is 2.45. The van der Waals surface area contributed by atoms with Gasteiger partial charge in [-0.1, -0.05) is 59.1 Å². The first-order chi connectivity index (χ1) is 14.5. The number of benzene rings is 2. The molecule has 0 aromatic heterocycles. The van der Waals surface area contributed by atoms with Crippen LogP contribution < -0.4 is 9.62 Å². The van der Waals surface area contributed by atoms with Gasteiger partial charge in [-0.15, -0.1) is 0 Å². The predicted molar refractivity (Wildman–Crippen MR) is 124 cm³/mol. The molecule has 2 aromatic rings. The fourth-order valence-electron chi connectivity index (χ4n) is 2.88. The van der Waals surface area contributed by atoms with E-state index in [0.717, 1.165) is 10.6 Å². The summed E-state index contributed by atoms with van der Waals surface area (Å²) in [6.45, 7) is 0.976. The number of hydrogen-bond donors (Lipinski definition) is 1. The van der Waals surface area contributed by atoms with Crippen LogP contribution in [0.5, 0.6) is 0 Å². The van der Waals surface area contributed by atoms with Crippen molar-refractivity contribution < 1.29 is 18.0 Å². The number of likely N-dealkylation sites (N-methyl/N-ethyl adjacent to an activating group) is 1. The minimum atomic E-state index is -3.90. The average molecular weight is 507 g/mol. The Labute approximate surface area is 196 Å². The van der Waals surface area contributed by atoms with Gasteiger partial charge in [0.1, 0.15) is 12.6 Å². The van der Waals surface area contributed by atoms with E-state index < -0.39 is 34.4 Å². The molecular weight excluding hydrogens is 485 g/mol. The highest BCUT2D eigenvalue weighted by Crippen LogP contribution is 2.33. The molecule has 7 nitrogen and oxygen atoms in total. The van der Waals surface area contributed by atoms with Gasteiger partial charge in [0, 0.05) is 18.6 Å². The molecule has 2 rings (SSSR count). The lowest BCUT2D eigenvalue weighted by Gasteiger charge is -2.31.